The number of H-pyrrole nitrogens is 1. The summed E-state index contributed by atoms with van der Waals surface area (Å²) < 4.78 is 0. The zero-order valence-corrected chi connectivity index (χ0v) is 58.8. The number of aliphatic carboxylic acids is 5. The molecule has 2 rings (SSSR count). The number of aliphatic hydroxyl groups is 1. The van der Waals surface area contributed by atoms with Crippen molar-refractivity contribution in [3.05, 3.63) is 36.0 Å². The molecule has 0 radical (unpaired) electrons. The Balaban J connectivity index is 2.41. The van der Waals surface area contributed by atoms with Gasteiger partial charge in [-0.15, -0.1) is 0 Å². The SMILES string of the molecule is CC[C@H](C)[C@H](NC(=O)[C@H](CC(=O)O)NC(=O)[C@H](CC(=O)O)NC(=O)[C@H](CC(=O)O)NC(=O)[C@@H](N)CCC(=O)O)C(=O)N[C@@H](CCCCN)C(=O)N[C@@H](CCC(N)=O)C(=O)N[C@@H](CC(C)C)C(=O)N[C@@H](C)C(=O)N[C@@H](C)C(=O)N[C@@H](Cc1c[nH]c2ccccc12)C(=O)N[C@@H](C)C(=O)N[C@H](C(=O)O)[C@@H](C)O. The van der Waals surface area contributed by atoms with E-state index in [-0.39, 0.29) is 51.0 Å². The molecule has 104 heavy (non-hydrogen) atoms. The van der Waals surface area contributed by atoms with Gasteiger partial charge in [-0.2, -0.15) is 0 Å². The van der Waals surface area contributed by atoms with E-state index in [0.29, 0.717) is 16.5 Å². The zero-order valence-electron chi connectivity index (χ0n) is 58.8. The number of aromatic amines is 1. The molecule has 0 unspecified atom stereocenters. The van der Waals surface area contributed by atoms with Crippen LogP contribution in [0.15, 0.2) is 30.5 Å². The van der Waals surface area contributed by atoms with Gasteiger partial charge in [0.25, 0.3) is 0 Å². The standard InChI is InChI=1S/C64H98N16O24/c1-9-29(4)50(79-62(101)44(26-49(89)90)78-61(100)43(25-48(87)88)77-60(99)42(24-47(85)86)75-55(94)36(66)17-20-46(83)84)63(102)73-38(16-12-13-21-65)56(95)72-39(18-19-45(67)82)57(96)76-40(22-28(2)3)58(97)70-30(5)52(91)69-31(6)53(92)74-41(23-34-27-68-37-15-11-10-14-35(34)37)59(98)71-32(7)54(93)80-51(33(8)81)64(103)104/h10-11,14-15,27-33,36,38-44,50-51,68,81H,9,12-13,16-26,65-66H2,1-8H3,(H2,67,82)(H,69,91)(H,70,97)(H,71,98)(H,72,95)(H,73,102)(H,74,92)(H,75,94)(H,76,96)(H,77,99)(H,78,100)(H,79,101)(H,80,93)(H,83,84)(H,85,86)(H,87,88)(H,89,90)(H,103,104)/t29-,30-,31-,32-,33+,36-,38-,39-,40-,41-,42-,43-,44-,50-,51-/m0/s1. The van der Waals surface area contributed by atoms with Gasteiger partial charge in [0.1, 0.15) is 66.5 Å². The molecule has 0 saturated carbocycles. The number of carboxylic acids is 5. The molecule has 0 aliphatic carbocycles. The molecule has 25 N–H and O–H groups in total. The Bertz CT molecular complexity index is 3420. The third-order valence-electron chi connectivity index (χ3n) is 16.1. The number of hydrogen-bond acceptors (Lipinski definition) is 21. The topological polar surface area (TPSA) is 667 Å². The number of benzene rings is 1. The minimum Gasteiger partial charge on any atom is -0.481 e. The molecule has 40 nitrogen and oxygen atoms in total. The molecule has 2 aromatic rings. The summed E-state index contributed by atoms with van der Waals surface area (Å²) >= 11 is 0. The molecular formula is C64H98N16O24. The second-order valence-corrected chi connectivity index (χ2v) is 25.4. The van der Waals surface area contributed by atoms with Crippen LogP contribution in [0.4, 0.5) is 0 Å². The van der Waals surface area contributed by atoms with E-state index < -0.39 is 242 Å². The Labute approximate surface area is 596 Å². The lowest BCUT2D eigenvalue weighted by molar-refractivity contribution is -0.145. The van der Waals surface area contributed by atoms with Crippen LogP contribution in [0.5, 0.6) is 0 Å². The molecule has 1 heterocycles. The highest BCUT2D eigenvalue weighted by molar-refractivity contribution is 6.01. The lowest BCUT2D eigenvalue weighted by Gasteiger charge is -2.29. The summed E-state index contributed by atoms with van der Waals surface area (Å²) in [7, 11) is 0. The minimum atomic E-state index is -2.22. The van der Waals surface area contributed by atoms with Crippen LogP contribution < -0.4 is 81.0 Å². The predicted molar refractivity (Wildman–Crippen MR) is 363 cm³/mol. The lowest BCUT2D eigenvalue weighted by Crippen LogP contribution is -2.61. The molecule has 40 heteroatoms. The number of carboxylic acid groups (broad SMARTS) is 5. The molecule has 0 fully saturated rings. The fourth-order valence-electron chi connectivity index (χ4n) is 10.0. The normalized spacial score (nSPS) is 15.5. The van der Waals surface area contributed by atoms with Gasteiger partial charge in [0.2, 0.25) is 76.8 Å². The Morgan fingerprint density at radius 1 is 0.442 bits per heavy atom. The maximum absolute atomic E-state index is 14.4. The van der Waals surface area contributed by atoms with Gasteiger partial charge in [0.15, 0.2) is 6.04 Å². The van der Waals surface area contributed by atoms with Gasteiger partial charge in [-0.3, -0.25) is 81.5 Å². The van der Waals surface area contributed by atoms with Crippen LogP contribution in [0.1, 0.15) is 138 Å². The van der Waals surface area contributed by atoms with E-state index in [9.17, 15) is 112 Å². The summed E-state index contributed by atoms with van der Waals surface area (Å²) in [6.45, 7) is 11.3. The smallest absolute Gasteiger partial charge is 0.328 e. The first kappa shape index (κ1) is 89.2. The van der Waals surface area contributed by atoms with Gasteiger partial charge in [0, 0.05) is 36.4 Å². The first-order valence-electron chi connectivity index (χ1n) is 33.3. The van der Waals surface area contributed by atoms with Crippen molar-refractivity contribution >= 4 is 118 Å². The molecule has 0 spiro atoms. The maximum Gasteiger partial charge on any atom is 0.328 e. The monoisotopic (exact) mass is 1470 g/mol. The van der Waals surface area contributed by atoms with Crippen LogP contribution in [0.2, 0.25) is 0 Å². The number of fused-ring (bicyclic) bond motifs is 1. The highest BCUT2D eigenvalue weighted by Gasteiger charge is 2.39. The van der Waals surface area contributed by atoms with Crippen molar-refractivity contribution in [2.45, 2.75) is 224 Å². The van der Waals surface area contributed by atoms with Crippen molar-refractivity contribution < 1.29 is 117 Å². The number of nitrogens with two attached hydrogens (primary N) is 3. The Morgan fingerprint density at radius 2 is 0.846 bits per heavy atom. The highest BCUT2D eigenvalue weighted by Crippen LogP contribution is 2.20. The maximum atomic E-state index is 14.4. The molecule has 578 valence electrons. The number of amides is 13. The molecule has 0 saturated heterocycles. The fourth-order valence-corrected chi connectivity index (χ4v) is 10.0. The second-order valence-electron chi connectivity index (χ2n) is 25.4. The van der Waals surface area contributed by atoms with E-state index in [2.05, 4.69) is 52.8 Å². The Morgan fingerprint density at radius 3 is 1.32 bits per heavy atom. The molecular weight excluding hydrogens is 1380 g/mol. The number of aromatic nitrogens is 1. The largest absolute Gasteiger partial charge is 0.481 e. The molecule has 0 bridgehead atoms. The fraction of sp³-hybridized carbons (Fsp3) is 0.594. The summed E-state index contributed by atoms with van der Waals surface area (Å²) in [5.41, 5.74) is 18.1. The van der Waals surface area contributed by atoms with E-state index in [4.69, 9.17) is 22.3 Å². The average Bonchev–Trinajstić information content (AvgIpc) is 1.69. The number of para-hydroxylation sites is 1. The summed E-state index contributed by atoms with van der Waals surface area (Å²) in [4.78, 5) is 239. The number of unbranched alkanes of at least 4 members (excludes halogenated alkanes) is 1. The van der Waals surface area contributed by atoms with E-state index in [0.717, 1.165) is 6.92 Å². The van der Waals surface area contributed by atoms with Gasteiger partial charge >= 0.3 is 29.8 Å². The molecule has 1 aromatic heterocycles. The zero-order chi connectivity index (χ0) is 79.0. The Hall–Kier alpha value is -10.9. The van der Waals surface area contributed by atoms with E-state index in [1.165, 1.54) is 27.7 Å². The molecule has 1 aromatic carbocycles. The van der Waals surface area contributed by atoms with Gasteiger partial charge in [-0.1, -0.05) is 52.3 Å². The van der Waals surface area contributed by atoms with Crippen LogP contribution in [0.3, 0.4) is 0 Å². The quantitative estimate of drug-likeness (QED) is 0.0274. The summed E-state index contributed by atoms with van der Waals surface area (Å²) in [5.74, 6) is -23.8. The van der Waals surface area contributed by atoms with Gasteiger partial charge in [-0.25, -0.2) is 4.79 Å². The van der Waals surface area contributed by atoms with Crippen molar-refractivity contribution in [1.29, 1.82) is 0 Å². The molecule has 13 amide bonds. The van der Waals surface area contributed by atoms with E-state index in [1.807, 2.05) is 16.0 Å². The van der Waals surface area contributed by atoms with Crippen molar-refractivity contribution in [2.24, 2.45) is 29.0 Å². The van der Waals surface area contributed by atoms with Gasteiger partial charge in [-0.05, 0) is 96.2 Å². The van der Waals surface area contributed by atoms with Crippen LogP contribution in [-0.2, 0) is 92.7 Å². The van der Waals surface area contributed by atoms with Crippen LogP contribution in [0, 0.1) is 11.8 Å². The highest BCUT2D eigenvalue weighted by atomic mass is 16.4. The minimum absolute atomic E-state index is 0.0920. The summed E-state index contributed by atoms with van der Waals surface area (Å²) in [5, 5.41) is 85.7. The van der Waals surface area contributed by atoms with Crippen LogP contribution in [0.25, 0.3) is 10.9 Å². The number of rotatable bonds is 48. The predicted octanol–water partition coefficient (Wildman–Crippen LogP) is -5.84. The Kier molecular flexibility index (Phi) is 37.6. The van der Waals surface area contributed by atoms with E-state index >= 15 is 0 Å². The van der Waals surface area contributed by atoms with Crippen LogP contribution >= 0.6 is 0 Å². The van der Waals surface area contributed by atoms with Gasteiger partial charge in [0.05, 0.1) is 31.4 Å². The number of carbonyl (C=O) groups is 18. The van der Waals surface area contributed by atoms with Crippen molar-refractivity contribution in [2.75, 3.05) is 6.54 Å². The van der Waals surface area contributed by atoms with Crippen molar-refractivity contribution in [1.82, 2.24) is 68.8 Å². The van der Waals surface area contributed by atoms with Crippen LogP contribution in [-0.4, -0.2) is 233 Å². The first-order chi connectivity index (χ1) is 48.6. The molecule has 15 atom stereocenters. The number of primary amides is 1. The number of hydrogen-bond donors (Lipinski definition) is 22. The van der Waals surface area contributed by atoms with Gasteiger partial charge < -0.3 is 117 Å². The van der Waals surface area contributed by atoms with E-state index in [1.54, 1.807) is 51.2 Å². The lowest BCUT2D eigenvalue weighted by atomic mass is 9.96. The summed E-state index contributed by atoms with van der Waals surface area (Å²) in [6.07, 6.45) is -5.72. The summed E-state index contributed by atoms with van der Waals surface area (Å²) in [6, 6.07) is -14.9. The number of nitrogens with one attached hydrogen (secondary N) is 13. The average molecular weight is 1480 g/mol. The number of carbonyl (C=O) groups excluding carboxylic acids is 13. The molecule has 0 aliphatic rings. The second kappa shape index (κ2) is 43.8. The first-order valence-corrected chi connectivity index (χ1v) is 33.3. The van der Waals surface area contributed by atoms with Crippen molar-refractivity contribution in [3.63, 3.8) is 0 Å². The molecule has 0 aliphatic heterocycles. The van der Waals surface area contributed by atoms with Crippen molar-refractivity contribution in [3.8, 4) is 0 Å². The third kappa shape index (κ3) is 31.1. The third-order valence-corrected chi connectivity index (χ3v) is 16.1. The number of aliphatic hydroxyl groups excluding tert-OH is 1.